The van der Waals surface area contributed by atoms with Crippen LogP contribution in [-0.2, 0) is 5.54 Å². The average Bonchev–Trinajstić information content (AvgIpc) is 3.05. The molecule has 1 aromatic heterocycles. The van der Waals surface area contributed by atoms with E-state index in [9.17, 15) is 13.2 Å². The number of nitrogens with one attached hydrogen (secondary N) is 2. The van der Waals surface area contributed by atoms with Crippen molar-refractivity contribution in [2.75, 3.05) is 14.2 Å². The smallest absolute Gasteiger partial charge is 0.418 e. The Balaban J connectivity index is 2.39. The predicted octanol–water partition coefficient (Wildman–Crippen LogP) is 3.78. The van der Waals surface area contributed by atoms with E-state index in [1.54, 1.807) is 19.1 Å². The molecular formula is C19H17F3N4O. The van der Waals surface area contributed by atoms with E-state index in [-0.39, 0.29) is 17.1 Å². The molecule has 1 heterocycles. The Labute approximate surface area is 153 Å². The highest BCUT2D eigenvalue weighted by molar-refractivity contribution is 5.77. The number of benzene rings is 2. The standard InChI is InChI=1S/C19H17F3N4O/c1-11-5-4-6-15(27-3)16(11)18(24-2,19(20,21)22)17-25-13-8-7-12(10-23)9-14(13)26-17/h4-9,24H,1-3H3,(H,25,26). The summed E-state index contributed by atoms with van der Waals surface area (Å²) in [5.74, 6) is -0.227. The molecule has 0 amide bonds. The van der Waals surface area contributed by atoms with E-state index in [0.29, 0.717) is 22.2 Å². The molecule has 1 unspecified atom stereocenters. The number of aromatic amines is 1. The average molecular weight is 374 g/mol. The molecule has 0 spiro atoms. The fourth-order valence-electron chi connectivity index (χ4n) is 3.33. The van der Waals surface area contributed by atoms with Gasteiger partial charge in [-0.05, 0) is 43.8 Å². The molecular weight excluding hydrogens is 357 g/mol. The van der Waals surface area contributed by atoms with Gasteiger partial charge in [-0.15, -0.1) is 0 Å². The summed E-state index contributed by atoms with van der Waals surface area (Å²) >= 11 is 0. The van der Waals surface area contributed by atoms with Crippen molar-refractivity contribution in [1.82, 2.24) is 15.3 Å². The van der Waals surface area contributed by atoms with Gasteiger partial charge in [0.2, 0.25) is 5.54 Å². The number of rotatable bonds is 4. The number of aromatic nitrogens is 2. The molecule has 3 rings (SSSR count). The third-order valence-electron chi connectivity index (χ3n) is 4.60. The van der Waals surface area contributed by atoms with E-state index < -0.39 is 11.7 Å². The summed E-state index contributed by atoms with van der Waals surface area (Å²) in [6.07, 6.45) is -4.73. The van der Waals surface area contributed by atoms with Gasteiger partial charge in [0.15, 0.2) is 0 Å². The van der Waals surface area contributed by atoms with Crippen molar-refractivity contribution < 1.29 is 17.9 Å². The van der Waals surface area contributed by atoms with Crippen molar-refractivity contribution in [3.05, 3.63) is 58.9 Å². The molecule has 0 fully saturated rings. The maximum Gasteiger partial charge on any atom is 0.418 e. The number of halogens is 3. The monoisotopic (exact) mass is 374 g/mol. The zero-order chi connectivity index (χ0) is 19.8. The van der Waals surface area contributed by atoms with Crippen LogP contribution >= 0.6 is 0 Å². The minimum absolute atomic E-state index is 0.0675. The van der Waals surface area contributed by atoms with E-state index in [1.165, 1.54) is 38.4 Å². The highest BCUT2D eigenvalue weighted by Gasteiger charge is 2.60. The summed E-state index contributed by atoms with van der Waals surface area (Å²) in [4.78, 5) is 6.93. The second-order valence-corrected chi connectivity index (χ2v) is 6.08. The molecule has 8 heteroatoms. The third kappa shape index (κ3) is 2.80. The van der Waals surface area contributed by atoms with Crippen molar-refractivity contribution in [3.8, 4) is 11.8 Å². The van der Waals surface area contributed by atoms with Crippen LogP contribution in [0.15, 0.2) is 36.4 Å². The number of alkyl halides is 3. The molecule has 0 saturated carbocycles. The molecule has 0 aliphatic carbocycles. The summed E-state index contributed by atoms with van der Waals surface area (Å²) in [5.41, 5.74) is -1.27. The number of H-pyrrole nitrogens is 1. The summed E-state index contributed by atoms with van der Waals surface area (Å²) in [6, 6.07) is 11.2. The van der Waals surface area contributed by atoms with Gasteiger partial charge in [0.25, 0.3) is 0 Å². The minimum atomic E-state index is -4.73. The first kappa shape index (κ1) is 18.7. The van der Waals surface area contributed by atoms with Crippen LogP contribution in [0.4, 0.5) is 13.2 Å². The van der Waals surface area contributed by atoms with Crippen LogP contribution in [0.1, 0.15) is 22.5 Å². The number of fused-ring (bicyclic) bond motifs is 1. The Kier molecular flexibility index (Phi) is 4.57. The second kappa shape index (κ2) is 6.59. The number of nitrogens with zero attached hydrogens (tertiary/aromatic N) is 2. The number of imidazole rings is 1. The van der Waals surface area contributed by atoms with E-state index >= 15 is 0 Å². The molecule has 2 aromatic carbocycles. The highest BCUT2D eigenvalue weighted by atomic mass is 19.4. The first-order chi connectivity index (χ1) is 12.8. The van der Waals surface area contributed by atoms with Crippen LogP contribution in [0.2, 0.25) is 0 Å². The van der Waals surface area contributed by atoms with Crippen molar-refractivity contribution in [1.29, 1.82) is 5.26 Å². The van der Waals surface area contributed by atoms with Gasteiger partial charge in [-0.1, -0.05) is 12.1 Å². The number of nitriles is 1. The molecule has 2 N–H and O–H groups in total. The fourth-order valence-corrected chi connectivity index (χ4v) is 3.33. The summed E-state index contributed by atoms with van der Waals surface area (Å²) in [6.45, 7) is 1.59. The number of aryl methyl sites for hydroxylation is 1. The van der Waals surface area contributed by atoms with Crippen molar-refractivity contribution in [3.63, 3.8) is 0 Å². The van der Waals surface area contributed by atoms with Crippen LogP contribution in [0.3, 0.4) is 0 Å². The van der Waals surface area contributed by atoms with Crippen LogP contribution in [-0.4, -0.2) is 30.3 Å². The van der Waals surface area contributed by atoms with Gasteiger partial charge in [0, 0.05) is 5.56 Å². The molecule has 5 nitrogen and oxygen atoms in total. The zero-order valence-electron chi connectivity index (χ0n) is 14.9. The lowest BCUT2D eigenvalue weighted by atomic mass is 9.84. The molecule has 1 atom stereocenters. The maximum absolute atomic E-state index is 14.5. The van der Waals surface area contributed by atoms with Gasteiger partial charge in [-0.3, -0.25) is 5.32 Å². The largest absolute Gasteiger partial charge is 0.496 e. The van der Waals surface area contributed by atoms with Gasteiger partial charge >= 0.3 is 6.18 Å². The second-order valence-electron chi connectivity index (χ2n) is 6.08. The summed E-state index contributed by atoms with van der Waals surface area (Å²) < 4.78 is 48.7. The lowest BCUT2D eigenvalue weighted by Crippen LogP contribution is -2.54. The first-order valence-corrected chi connectivity index (χ1v) is 8.08. The van der Waals surface area contributed by atoms with Gasteiger partial charge in [0.1, 0.15) is 11.6 Å². The molecule has 0 bridgehead atoms. The Bertz CT molecular complexity index is 1040. The quantitative estimate of drug-likeness (QED) is 0.729. The molecule has 3 aromatic rings. The van der Waals surface area contributed by atoms with Gasteiger partial charge < -0.3 is 9.72 Å². The predicted molar refractivity (Wildman–Crippen MR) is 94.4 cm³/mol. The Morgan fingerprint density at radius 1 is 1.22 bits per heavy atom. The van der Waals surface area contributed by atoms with E-state index in [4.69, 9.17) is 10.00 Å². The number of hydrogen-bond donors (Lipinski definition) is 2. The van der Waals surface area contributed by atoms with Crippen molar-refractivity contribution in [2.45, 2.75) is 18.6 Å². The Morgan fingerprint density at radius 2 is 1.96 bits per heavy atom. The minimum Gasteiger partial charge on any atom is -0.496 e. The normalized spacial score (nSPS) is 14.0. The third-order valence-corrected chi connectivity index (χ3v) is 4.60. The van der Waals surface area contributed by atoms with E-state index in [1.807, 2.05) is 6.07 Å². The zero-order valence-corrected chi connectivity index (χ0v) is 14.9. The Morgan fingerprint density at radius 3 is 2.56 bits per heavy atom. The maximum atomic E-state index is 14.5. The van der Waals surface area contributed by atoms with Crippen LogP contribution < -0.4 is 10.1 Å². The van der Waals surface area contributed by atoms with Crippen LogP contribution in [0, 0.1) is 18.3 Å². The lowest BCUT2D eigenvalue weighted by molar-refractivity contribution is -0.188. The molecule has 0 aliphatic heterocycles. The van der Waals surface area contributed by atoms with Crippen molar-refractivity contribution in [2.24, 2.45) is 0 Å². The molecule has 0 aliphatic rings. The van der Waals surface area contributed by atoms with E-state index in [2.05, 4.69) is 15.3 Å². The number of hydrogen-bond acceptors (Lipinski definition) is 4. The summed E-state index contributed by atoms with van der Waals surface area (Å²) in [5, 5.41) is 11.5. The molecule has 0 radical (unpaired) electrons. The molecule has 0 saturated heterocycles. The Hall–Kier alpha value is -3.05. The molecule has 140 valence electrons. The number of methoxy groups -OCH3 is 1. The first-order valence-electron chi connectivity index (χ1n) is 8.08. The van der Waals surface area contributed by atoms with Crippen molar-refractivity contribution >= 4 is 11.0 Å². The van der Waals surface area contributed by atoms with E-state index in [0.717, 1.165) is 0 Å². The van der Waals surface area contributed by atoms with Gasteiger partial charge in [-0.2, -0.15) is 18.4 Å². The van der Waals surface area contributed by atoms with Gasteiger partial charge in [0.05, 0.1) is 29.8 Å². The van der Waals surface area contributed by atoms with Crippen LogP contribution in [0.5, 0.6) is 5.75 Å². The lowest BCUT2D eigenvalue weighted by Gasteiger charge is -2.36. The fraction of sp³-hybridized carbons (Fsp3) is 0.263. The van der Waals surface area contributed by atoms with Crippen LogP contribution in [0.25, 0.3) is 11.0 Å². The summed E-state index contributed by atoms with van der Waals surface area (Å²) in [7, 11) is 2.56. The SMILES string of the molecule is CNC(c1nc2ccc(C#N)cc2[nH]1)(c1c(C)cccc1OC)C(F)(F)F. The number of ether oxygens (including phenoxy) is 1. The highest BCUT2D eigenvalue weighted by Crippen LogP contribution is 2.47. The topological polar surface area (TPSA) is 73.7 Å². The molecule has 27 heavy (non-hydrogen) atoms. The van der Waals surface area contributed by atoms with Gasteiger partial charge in [-0.25, -0.2) is 4.98 Å².